The zero-order chi connectivity index (χ0) is 12.6. The number of nitrogens with zero attached hydrogens (tertiary/aromatic N) is 1. The summed E-state index contributed by atoms with van der Waals surface area (Å²) in [6, 6.07) is 12.5. The van der Waals surface area contributed by atoms with Crippen LogP contribution in [0, 0.1) is 0 Å². The molecule has 2 aromatic rings. The van der Waals surface area contributed by atoms with Gasteiger partial charge in [0.15, 0.2) is 0 Å². The molecule has 0 radical (unpaired) electrons. The summed E-state index contributed by atoms with van der Waals surface area (Å²) in [5, 5.41) is 3.79. The lowest BCUT2D eigenvalue weighted by molar-refractivity contribution is 0.0955. The molecule has 4 heteroatoms. The second-order valence-electron chi connectivity index (χ2n) is 3.46. The first-order valence-electron chi connectivity index (χ1n) is 5.45. The van der Waals surface area contributed by atoms with E-state index in [1.165, 1.54) is 6.21 Å². The molecule has 0 aliphatic rings. The van der Waals surface area contributed by atoms with Crippen LogP contribution in [0.3, 0.4) is 0 Å². The highest BCUT2D eigenvalue weighted by Gasteiger charge is 2.00. The Morgan fingerprint density at radius 1 is 1.17 bits per heavy atom. The Kier molecular flexibility index (Phi) is 4.08. The van der Waals surface area contributed by atoms with Crippen molar-refractivity contribution < 1.29 is 9.21 Å². The van der Waals surface area contributed by atoms with Gasteiger partial charge in [-0.3, -0.25) is 4.79 Å². The largest absolute Gasteiger partial charge is 0.465 e. The van der Waals surface area contributed by atoms with E-state index in [9.17, 15) is 4.79 Å². The molecule has 1 aromatic heterocycles. The van der Waals surface area contributed by atoms with Crippen molar-refractivity contribution in [1.82, 2.24) is 5.43 Å². The van der Waals surface area contributed by atoms with Gasteiger partial charge in [-0.2, -0.15) is 5.10 Å². The minimum Gasteiger partial charge on any atom is -0.465 e. The summed E-state index contributed by atoms with van der Waals surface area (Å²) in [7, 11) is 0. The van der Waals surface area contributed by atoms with Gasteiger partial charge in [-0.1, -0.05) is 18.2 Å². The summed E-state index contributed by atoms with van der Waals surface area (Å²) in [5.74, 6) is 0.495. The average Bonchev–Trinajstić information content (AvgIpc) is 2.92. The minimum absolute atomic E-state index is 0.238. The quantitative estimate of drug-likeness (QED) is 0.659. The molecule has 2 rings (SSSR count). The van der Waals surface area contributed by atoms with Crippen molar-refractivity contribution in [2.75, 3.05) is 0 Å². The number of furan rings is 1. The van der Waals surface area contributed by atoms with Crippen molar-refractivity contribution in [3.63, 3.8) is 0 Å². The smallest absolute Gasteiger partial charge is 0.271 e. The topological polar surface area (TPSA) is 54.6 Å². The first-order valence-corrected chi connectivity index (χ1v) is 5.45. The fourth-order valence-electron chi connectivity index (χ4n) is 1.32. The fraction of sp³-hybridized carbons (Fsp3) is 0. The molecule has 1 heterocycles. The number of hydrogen-bond acceptors (Lipinski definition) is 3. The van der Waals surface area contributed by atoms with Crippen molar-refractivity contribution in [3.8, 4) is 0 Å². The first kappa shape index (κ1) is 11.9. The van der Waals surface area contributed by atoms with Gasteiger partial charge in [0.05, 0.1) is 6.26 Å². The Morgan fingerprint density at radius 2 is 2.00 bits per heavy atom. The maximum Gasteiger partial charge on any atom is 0.271 e. The van der Waals surface area contributed by atoms with Crippen molar-refractivity contribution in [2.24, 2.45) is 5.10 Å². The van der Waals surface area contributed by atoms with Crippen LogP contribution in [0.25, 0.3) is 6.08 Å². The van der Waals surface area contributed by atoms with Gasteiger partial charge in [0.2, 0.25) is 0 Å². The SMILES string of the molecule is O=C(NN=C/C=C/c1ccco1)c1ccccc1. The van der Waals surface area contributed by atoms with Crippen LogP contribution in [0.15, 0.2) is 64.3 Å². The zero-order valence-electron chi connectivity index (χ0n) is 9.61. The van der Waals surface area contributed by atoms with Gasteiger partial charge < -0.3 is 4.42 Å². The van der Waals surface area contributed by atoms with Gasteiger partial charge in [0, 0.05) is 11.8 Å². The highest BCUT2D eigenvalue weighted by molar-refractivity contribution is 5.94. The monoisotopic (exact) mass is 240 g/mol. The third-order valence-electron chi connectivity index (χ3n) is 2.17. The number of benzene rings is 1. The molecule has 1 N–H and O–H groups in total. The predicted molar refractivity (Wildman–Crippen MR) is 70.1 cm³/mol. The Hall–Kier alpha value is -2.62. The lowest BCUT2D eigenvalue weighted by Gasteiger charge is -1.97. The third-order valence-corrected chi connectivity index (χ3v) is 2.17. The van der Waals surface area contributed by atoms with E-state index in [0.29, 0.717) is 5.56 Å². The normalized spacial score (nSPS) is 11.1. The van der Waals surface area contributed by atoms with Gasteiger partial charge in [-0.25, -0.2) is 5.43 Å². The number of carbonyl (C=O) groups is 1. The molecule has 0 atom stereocenters. The number of rotatable bonds is 4. The molecule has 0 saturated heterocycles. The number of amides is 1. The van der Waals surface area contributed by atoms with Crippen LogP contribution in [0.4, 0.5) is 0 Å². The van der Waals surface area contributed by atoms with E-state index < -0.39 is 0 Å². The van der Waals surface area contributed by atoms with E-state index in [0.717, 1.165) is 5.76 Å². The predicted octanol–water partition coefficient (Wildman–Crippen LogP) is 2.71. The van der Waals surface area contributed by atoms with Crippen LogP contribution < -0.4 is 5.43 Å². The molecular formula is C14H12N2O2. The number of hydrazone groups is 1. The molecule has 1 aromatic carbocycles. The van der Waals surface area contributed by atoms with Crippen LogP contribution in [-0.2, 0) is 0 Å². The molecule has 1 amide bonds. The Labute approximate surface area is 105 Å². The van der Waals surface area contributed by atoms with Crippen LogP contribution >= 0.6 is 0 Å². The average molecular weight is 240 g/mol. The van der Waals surface area contributed by atoms with Gasteiger partial charge in [-0.05, 0) is 36.4 Å². The minimum atomic E-state index is -0.238. The molecule has 4 nitrogen and oxygen atoms in total. The highest BCUT2D eigenvalue weighted by atomic mass is 16.3. The van der Waals surface area contributed by atoms with E-state index in [2.05, 4.69) is 10.5 Å². The number of carbonyl (C=O) groups excluding carboxylic acids is 1. The zero-order valence-corrected chi connectivity index (χ0v) is 9.61. The van der Waals surface area contributed by atoms with Crippen LogP contribution in [-0.4, -0.2) is 12.1 Å². The Balaban J connectivity index is 1.83. The number of nitrogens with one attached hydrogen (secondary N) is 1. The molecule has 0 bridgehead atoms. The van der Waals surface area contributed by atoms with E-state index in [1.807, 2.05) is 12.1 Å². The lowest BCUT2D eigenvalue weighted by atomic mass is 10.2. The maximum absolute atomic E-state index is 11.6. The second kappa shape index (κ2) is 6.20. The third kappa shape index (κ3) is 3.45. The lowest BCUT2D eigenvalue weighted by Crippen LogP contribution is -2.16. The summed E-state index contributed by atoms with van der Waals surface area (Å²) in [5.41, 5.74) is 3.00. The van der Waals surface area contributed by atoms with Crippen LogP contribution in [0.5, 0.6) is 0 Å². The molecule has 90 valence electrons. The van der Waals surface area contributed by atoms with E-state index in [1.54, 1.807) is 48.7 Å². The van der Waals surface area contributed by atoms with Crippen molar-refractivity contribution in [3.05, 3.63) is 66.1 Å². The first-order chi connectivity index (χ1) is 8.86. The summed E-state index contributed by atoms with van der Waals surface area (Å²) in [6.45, 7) is 0. The van der Waals surface area contributed by atoms with Gasteiger partial charge in [0.25, 0.3) is 5.91 Å². The van der Waals surface area contributed by atoms with Gasteiger partial charge >= 0.3 is 0 Å². The Bertz CT molecular complexity index is 542. The summed E-state index contributed by atoms with van der Waals surface area (Å²) in [4.78, 5) is 11.6. The molecular weight excluding hydrogens is 228 g/mol. The number of allylic oxidation sites excluding steroid dienone is 1. The summed E-state index contributed by atoms with van der Waals surface area (Å²) >= 11 is 0. The molecule has 0 spiro atoms. The standard InChI is InChI=1S/C14H12N2O2/c17-14(12-6-2-1-3-7-12)16-15-10-4-8-13-9-5-11-18-13/h1-11H,(H,16,17)/b8-4+,15-10?. The maximum atomic E-state index is 11.6. The van der Waals surface area contributed by atoms with Crippen molar-refractivity contribution in [1.29, 1.82) is 0 Å². The van der Waals surface area contributed by atoms with Crippen molar-refractivity contribution in [2.45, 2.75) is 0 Å². The molecule has 0 fully saturated rings. The summed E-state index contributed by atoms with van der Waals surface area (Å²) < 4.78 is 5.09. The molecule has 0 aliphatic carbocycles. The van der Waals surface area contributed by atoms with E-state index in [4.69, 9.17) is 4.42 Å². The van der Waals surface area contributed by atoms with E-state index >= 15 is 0 Å². The molecule has 0 aliphatic heterocycles. The molecule has 0 unspecified atom stereocenters. The van der Waals surface area contributed by atoms with Crippen LogP contribution in [0.2, 0.25) is 0 Å². The fourth-order valence-corrected chi connectivity index (χ4v) is 1.32. The second-order valence-corrected chi connectivity index (χ2v) is 3.46. The number of hydrogen-bond donors (Lipinski definition) is 1. The molecule has 18 heavy (non-hydrogen) atoms. The van der Waals surface area contributed by atoms with E-state index in [-0.39, 0.29) is 5.91 Å². The van der Waals surface area contributed by atoms with Crippen molar-refractivity contribution >= 4 is 18.2 Å². The molecule has 0 saturated carbocycles. The van der Waals surface area contributed by atoms with Gasteiger partial charge in [0.1, 0.15) is 5.76 Å². The van der Waals surface area contributed by atoms with Crippen LogP contribution in [0.1, 0.15) is 16.1 Å². The highest BCUT2D eigenvalue weighted by Crippen LogP contribution is 2.01. The van der Waals surface area contributed by atoms with Gasteiger partial charge in [-0.15, -0.1) is 0 Å². The Morgan fingerprint density at radius 3 is 2.72 bits per heavy atom. The summed E-state index contributed by atoms with van der Waals surface area (Å²) in [6.07, 6.45) is 6.51.